The third-order valence-electron chi connectivity index (χ3n) is 6.92. The Bertz CT molecular complexity index is 1010. The first-order valence-electron chi connectivity index (χ1n) is 13.6. The first kappa shape index (κ1) is 30.4. The van der Waals surface area contributed by atoms with Crippen molar-refractivity contribution in [3.05, 3.63) is 41.5 Å². The summed E-state index contributed by atoms with van der Waals surface area (Å²) in [5, 5.41) is 0. The molecule has 4 unspecified atom stereocenters. The van der Waals surface area contributed by atoms with E-state index < -0.39 is 19.8 Å². The van der Waals surface area contributed by atoms with Gasteiger partial charge in [0.25, 0.3) is 0 Å². The van der Waals surface area contributed by atoms with Crippen molar-refractivity contribution in [1.82, 2.24) is 0 Å². The Morgan fingerprint density at radius 3 is 2.42 bits per heavy atom. The number of rotatable bonds is 7. The van der Waals surface area contributed by atoms with Gasteiger partial charge in [-0.3, -0.25) is 0 Å². The van der Waals surface area contributed by atoms with Crippen LogP contribution in [0.25, 0.3) is 6.08 Å². The molecule has 1 aromatic carbocycles. The van der Waals surface area contributed by atoms with Crippen molar-refractivity contribution in [2.45, 2.75) is 90.8 Å². The molecule has 38 heavy (non-hydrogen) atoms. The summed E-state index contributed by atoms with van der Waals surface area (Å²) in [6.07, 6.45) is 8.25. The van der Waals surface area contributed by atoms with E-state index in [9.17, 15) is 4.79 Å². The van der Waals surface area contributed by atoms with Crippen LogP contribution in [0.4, 0.5) is 0 Å². The molecule has 0 aromatic heterocycles. The molecule has 1 aromatic rings. The smallest absolute Gasteiger partial charge is 0.342 e. The lowest BCUT2D eigenvalue weighted by Gasteiger charge is -2.23. The second-order valence-electron chi connectivity index (χ2n) is 12.1. The number of carbonyl (C=O) groups is 1. The first-order chi connectivity index (χ1) is 17.8. The number of ether oxygens (including phenoxy) is 6. The zero-order chi connectivity index (χ0) is 28.1. The summed E-state index contributed by atoms with van der Waals surface area (Å²) >= 11 is 0. The monoisotopic (exact) mass is 546 g/mol. The molecule has 7 nitrogen and oxygen atoms in total. The predicted octanol–water partition coefficient (Wildman–Crippen LogP) is 6.70. The number of carbonyl (C=O) groups excluding carboxylic acids is 1. The van der Waals surface area contributed by atoms with Crippen molar-refractivity contribution < 1.29 is 33.2 Å². The maximum absolute atomic E-state index is 13.5. The fourth-order valence-electron chi connectivity index (χ4n) is 4.53. The van der Waals surface area contributed by atoms with E-state index >= 15 is 0 Å². The molecule has 0 N–H and O–H groups in total. The molecule has 0 radical (unpaired) electrons. The van der Waals surface area contributed by atoms with E-state index in [-0.39, 0.29) is 36.9 Å². The van der Waals surface area contributed by atoms with Crippen LogP contribution in [-0.2, 0) is 18.9 Å². The fourth-order valence-corrected chi connectivity index (χ4v) is 5.24. The first-order valence-corrected chi connectivity index (χ1v) is 17.3. The normalized spacial score (nSPS) is 28.6. The number of hydrogen-bond donors (Lipinski definition) is 0. The Hall–Kier alpha value is -2.13. The van der Waals surface area contributed by atoms with Crippen molar-refractivity contribution >= 4 is 20.1 Å². The lowest BCUT2D eigenvalue weighted by Crippen LogP contribution is -2.29. The number of esters is 1. The molecule has 0 bridgehead atoms. The third-order valence-corrected chi connectivity index (χ3v) is 8.62. The molecule has 2 heterocycles. The van der Waals surface area contributed by atoms with Crippen LogP contribution in [0.2, 0.25) is 25.7 Å². The number of benzene rings is 1. The van der Waals surface area contributed by atoms with E-state index in [1.807, 2.05) is 45.9 Å². The average Bonchev–Trinajstić information content (AvgIpc) is 3.13. The van der Waals surface area contributed by atoms with Gasteiger partial charge in [0.2, 0.25) is 0 Å². The van der Waals surface area contributed by atoms with Crippen LogP contribution >= 0.6 is 0 Å². The Labute approximate surface area is 229 Å². The largest absolute Gasteiger partial charge is 0.494 e. The van der Waals surface area contributed by atoms with Gasteiger partial charge in [-0.25, -0.2) is 4.79 Å². The second kappa shape index (κ2) is 12.8. The topological polar surface area (TPSA) is 72.5 Å². The van der Waals surface area contributed by atoms with Crippen LogP contribution < -0.4 is 9.47 Å². The van der Waals surface area contributed by atoms with Crippen LogP contribution in [0.15, 0.2) is 30.4 Å². The highest BCUT2D eigenvalue weighted by molar-refractivity contribution is 6.76. The second-order valence-corrected chi connectivity index (χ2v) is 17.7. The van der Waals surface area contributed by atoms with Crippen LogP contribution in [-0.4, -0.2) is 58.7 Å². The van der Waals surface area contributed by atoms with Crippen LogP contribution in [0.5, 0.6) is 11.5 Å². The third kappa shape index (κ3) is 8.43. The van der Waals surface area contributed by atoms with E-state index in [1.54, 1.807) is 13.2 Å². The summed E-state index contributed by atoms with van der Waals surface area (Å²) in [6, 6.07) is 4.66. The van der Waals surface area contributed by atoms with Gasteiger partial charge in [0.1, 0.15) is 23.2 Å². The van der Waals surface area contributed by atoms with Crippen LogP contribution in [0.3, 0.4) is 0 Å². The summed E-state index contributed by atoms with van der Waals surface area (Å²) in [5.74, 6) is 0.0532. The van der Waals surface area contributed by atoms with Gasteiger partial charge in [-0.2, -0.15) is 0 Å². The highest BCUT2D eigenvalue weighted by Gasteiger charge is 2.42. The van der Waals surface area contributed by atoms with Crippen molar-refractivity contribution in [3.8, 4) is 11.5 Å². The zero-order valence-electron chi connectivity index (χ0n) is 24.5. The predicted molar refractivity (Wildman–Crippen MR) is 152 cm³/mol. The Morgan fingerprint density at radius 1 is 1.03 bits per heavy atom. The molecule has 1 saturated heterocycles. The molecule has 5 atom stereocenters. The summed E-state index contributed by atoms with van der Waals surface area (Å²) in [4.78, 5) is 13.5. The number of fused-ring (bicyclic) bond motifs is 2. The van der Waals surface area contributed by atoms with Crippen molar-refractivity contribution in [2.75, 3.05) is 20.5 Å². The Balaban J connectivity index is 2.03. The molecule has 0 saturated carbocycles. The highest BCUT2D eigenvalue weighted by Crippen LogP contribution is 2.36. The van der Waals surface area contributed by atoms with Gasteiger partial charge in [-0.1, -0.05) is 57.8 Å². The SMILES string of the molecule is COCOc1cc(OCC[Si](C)(C)C)cc2c1C(=O)OC(C)[C@H](C)/C=C\C(C)C1OC(C)(C)OC1CC=C2. The summed E-state index contributed by atoms with van der Waals surface area (Å²) in [6.45, 7) is 17.5. The quantitative estimate of drug-likeness (QED) is 0.163. The minimum Gasteiger partial charge on any atom is -0.494 e. The maximum atomic E-state index is 13.5. The van der Waals surface area contributed by atoms with E-state index in [0.717, 1.165) is 6.04 Å². The molecular weight excluding hydrogens is 500 g/mol. The van der Waals surface area contributed by atoms with E-state index in [0.29, 0.717) is 35.7 Å². The summed E-state index contributed by atoms with van der Waals surface area (Å²) in [7, 11) is 0.275. The lowest BCUT2D eigenvalue weighted by atomic mass is 9.94. The molecule has 0 amide bonds. The maximum Gasteiger partial charge on any atom is 0.342 e. The minimum absolute atomic E-state index is 0.00160. The molecule has 3 rings (SSSR count). The highest BCUT2D eigenvalue weighted by atomic mass is 28.3. The van der Waals surface area contributed by atoms with Gasteiger partial charge in [-0.05, 0) is 44.9 Å². The van der Waals surface area contributed by atoms with Crippen molar-refractivity contribution in [2.24, 2.45) is 11.8 Å². The van der Waals surface area contributed by atoms with Gasteiger partial charge in [0.05, 0.1) is 18.8 Å². The standard InChI is InChI=1S/C30H46O7Si/c1-20-13-14-21(2)28-25(36-30(4,5)37-28)12-10-11-23-17-24(33-15-16-38(7,8)9)18-26(34-19-32-6)27(23)29(31)35-22(20)3/h10-11,13-14,17-18,20-22,25,28H,12,15-16,19H2,1-9H3/b11-10?,14-13-/t20-,21?,22?,25?,28?/m1/s1. The average molecular weight is 547 g/mol. The minimum atomic E-state index is -1.27. The van der Waals surface area contributed by atoms with E-state index in [4.69, 9.17) is 28.4 Å². The molecule has 212 valence electrons. The summed E-state index contributed by atoms with van der Waals surface area (Å²) in [5.41, 5.74) is 1.02. The zero-order valence-corrected chi connectivity index (χ0v) is 25.5. The molecule has 2 aliphatic heterocycles. The van der Waals surface area contributed by atoms with Crippen LogP contribution in [0.1, 0.15) is 57.0 Å². The number of hydrogen-bond acceptors (Lipinski definition) is 7. The van der Waals surface area contributed by atoms with E-state index in [1.165, 1.54) is 0 Å². The summed E-state index contributed by atoms with van der Waals surface area (Å²) < 4.78 is 35.6. The molecule has 0 aliphatic carbocycles. The molecule has 2 aliphatic rings. The van der Waals surface area contributed by atoms with Crippen molar-refractivity contribution in [1.29, 1.82) is 0 Å². The molecule has 0 spiro atoms. The lowest BCUT2D eigenvalue weighted by molar-refractivity contribution is -0.148. The van der Waals surface area contributed by atoms with Gasteiger partial charge >= 0.3 is 5.97 Å². The van der Waals surface area contributed by atoms with Gasteiger partial charge in [0, 0.05) is 33.1 Å². The van der Waals surface area contributed by atoms with Gasteiger partial charge in [0.15, 0.2) is 12.6 Å². The molecule has 1 fully saturated rings. The van der Waals surface area contributed by atoms with E-state index in [2.05, 4.69) is 38.7 Å². The van der Waals surface area contributed by atoms with Gasteiger partial charge < -0.3 is 28.4 Å². The Kier molecular flexibility index (Phi) is 10.3. The molecule has 8 heteroatoms. The van der Waals surface area contributed by atoms with Crippen LogP contribution in [0, 0.1) is 11.8 Å². The number of cyclic esters (lactones) is 1. The Morgan fingerprint density at radius 2 is 1.74 bits per heavy atom. The number of methoxy groups -OCH3 is 1. The van der Waals surface area contributed by atoms with Gasteiger partial charge in [-0.15, -0.1) is 0 Å². The van der Waals surface area contributed by atoms with Crippen molar-refractivity contribution in [3.63, 3.8) is 0 Å². The fraction of sp³-hybridized carbons (Fsp3) is 0.633. The molecular formula is C30H46O7Si.